The standard InChI is InChI=1S/C14H18N2O5/c1-9-4-3-5-10(6-9)8-16(2)14(21)15-11(13(19)20)7-12(17)18/h3-6,11H,7-8H2,1-2H3,(H,15,21)(H,17,18)(H,19,20)/t11-/m0/s1. The van der Waals surface area contributed by atoms with Crippen molar-refractivity contribution < 1.29 is 24.6 Å². The van der Waals surface area contributed by atoms with Crippen LogP contribution in [0.3, 0.4) is 0 Å². The van der Waals surface area contributed by atoms with Gasteiger partial charge in [-0.2, -0.15) is 0 Å². The molecule has 1 rings (SSSR count). The second kappa shape index (κ2) is 7.28. The predicted octanol–water partition coefficient (Wildman–Crippen LogP) is 1.06. The van der Waals surface area contributed by atoms with Crippen molar-refractivity contribution in [2.75, 3.05) is 7.05 Å². The van der Waals surface area contributed by atoms with E-state index in [4.69, 9.17) is 10.2 Å². The SMILES string of the molecule is Cc1cccc(CN(C)C(=O)N[C@@H](CC(=O)O)C(=O)O)c1. The zero-order valence-corrected chi connectivity index (χ0v) is 11.9. The third kappa shape index (κ3) is 5.52. The smallest absolute Gasteiger partial charge is 0.326 e. The summed E-state index contributed by atoms with van der Waals surface area (Å²) >= 11 is 0. The minimum Gasteiger partial charge on any atom is -0.481 e. The topological polar surface area (TPSA) is 107 Å². The summed E-state index contributed by atoms with van der Waals surface area (Å²) in [7, 11) is 1.51. The molecule has 0 bridgehead atoms. The van der Waals surface area contributed by atoms with Gasteiger partial charge in [0.2, 0.25) is 0 Å². The molecule has 0 aliphatic heterocycles. The predicted molar refractivity (Wildman–Crippen MR) is 74.9 cm³/mol. The number of carbonyl (C=O) groups excluding carboxylic acids is 1. The van der Waals surface area contributed by atoms with Crippen LogP contribution >= 0.6 is 0 Å². The van der Waals surface area contributed by atoms with Gasteiger partial charge in [0.25, 0.3) is 0 Å². The fourth-order valence-corrected chi connectivity index (χ4v) is 1.79. The summed E-state index contributed by atoms with van der Waals surface area (Å²) in [6, 6.07) is 5.47. The molecule has 7 nitrogen and oxygen atoms in total. The lowest BCUT2D eigenvalue weighted by Crippen LogP contribution is -2.47. The molecule has 0 saturated heterocycles. The van der Waals surface area contributed by atoms with E-state index in [9.17, 15) is 14.4 Å². The third-order valence-electron chi connectivity index (χ3n) is 2.82. The van der Waals surface area contributed by atoms with E-state index < -0.39 is 30.4 Å². The highest BCUT2D eigenvalue weighted by Crippen LogP contribution is 2.07. The number of rotatable bonds is 6. The number of hydrogen-bond donors (Lipinski definition) is 3. The van der Waals surface area contributed by atoms with Gasteiger partial charge in [0, 0.05) is 13.6 Å². The number of hydrogen-bond acceptors (Lipinski definition) is 3. The quantitative estimate of drug-likeness (QED) is 0.727. The molecule has 114 valence electrons. The van der Waals surface area contributed by atoms with Gasteiger partial charge >= 0.3 is 18.0 Å². The Balaban J connectivity index is 2.64. The number of nitrogens with one attached hydrogen (secondary N) is 1. The van der Waals surface area contributed by atoms with E-state index in [1.54, 1.807) is 0 Å². The number of benzene rings is 1. The van der Waals surface area contributed by atoms with Gasteiger partial charge in [-0.05, 0) is 12.5 Å². The molecule has 1 atom stereocenters. The molecule has 0 aliphatic carbocycles. The third-order valence-corrected chi connectivity index (χ3v) is 2.82. The summed E-state index contributed by atoms with van der Waals surface area (Å²) in [5.41, 5.74) is 1.95. The fraction of sp³-hybridized carbons (Fsp3) is 0.357. The summed E-state index contributed by atoms with van der Waals surface area (Å²) in [6.07, 6.45) is -0.667. The van der Waals surface area contributed by atoms with Crippen LogP contribution in [0.2, 0.25) is 0 Å². The highest BCUT2D eigenvalue weighted by molar-refractivity contribution is 5.86. The molecule has 0 heterocycles. The van der Waals surface area contributed by atoms with Gasteiger partial charge in [-0.15, -0.1) is 0 Å². The van der Waals surface area contributed by atoms with Crippen molar-refractivity contribution in [3.05, 3.63) is 35.4 Å². The molecule has 1 aromatic rings. The highest BCUT2D eigenvalue weighted by atomic mass is 16.4. The van der Waals surface area contributed by atoms with Crippen molar-refractivity contribution in [2.45, 2.75) is 25.9 Å². The lowest BCUT2D eigenvalue weighted by molar-refractivity contribution is -0.145. The molecule has 1 aromatic carbocycles. The Morgan fingerprint density at radius 1 is 1.29 bits per heavy atom. The van der Waals surface area contributed by atoms with Gasteiger partial charge < -0.3 is 20.4 Å². The van der Waals surface area contributed by atoms with E-state index in [1.807, 2.05) is 31.2 Å². The Labute approximate surface area is 122 Å². The zero-order valence-electron chi connectivity index (χ0n) is 11.9. The van der Waals surface area contributed by atoms with E-state index >= 15 is 0 Å². The molecule has 0 fully saturated rings. The second-order valence-corrected chi connectivity index (χ2v) is 4.78. The molecule has 0 aromatic heterocycles. The molecule has 3 N–H and O–H groups in total. The first kappa shape index (κ1) is 16.5. The Bertz CT molecular complexity index is 544. The minimum absolute atomic E-state index is 0.299. The van der Waals surface area contributed by atoms with Crippen LogP contribution in [0.1, 0.15) is 17.5 Å². The molecule has 2 amide bonds. The van der Waals surface area contributed by atoms with Crippen LogP contribution in [0.4, 0.5) is 4.79 Å². The molecule has 0 aliphatic rings. The van der Waals surface area contributed by atoms with Gasteiger partial charge in [-0.3, -0.25) is 4.79 Å². The van der Waals surface area contributed by atoms with E-state index in [1.165, 1.54) is 11.9 Å². The highest BCUT2D eigenvalue weighted by Gasteiger charge is 2.24. The molecular formula is C14H18N2O5. The maximum Gasteiger partial charge on any atom is 0.326 e. The largest absolute Gasteiger partial charge is 0.481 e. The number of amides is 2. The van der Waals surface area contributed by atoms with Gasteiger partial charge in [-0.25, -0.2) is 9.59 Å². The van der Waals surface area contributed by atoms with Gasteiger partial charge in [0.1, 0.15) is 6.04 Å². The normalized spacial score (nSPS) is 11.5. The molecule has 0 radical (unpaired) electrons. The Morgan fingerprint density at radius 3 is 2.48 bits per heavy atom. The van der Waals surface area contributed by atoms with Crippen LogP contribution in [-0.4, -0.2) is 46.2 Å². The first-order valence-corrected chi connectivity index (χ1v) is 6.31. The van der Waals surface area contributed by atoms with Gasteiger partial charge in [-0.1, -0.05) is 29.8 Å². The van der Waals surface area contributed by atoms with Crippen molar-refractivity contribution in [1.82, 2.24) is 10.2 Å². The van der Waals surface area contributed by atoms with Gasteiger partial charge in [0.15, 0.2) is 0 Å². The molecule has 0 saturated carbocycles. The number of carboxylic acids is 2. The maximum atomic E-state index is 11.9. The molecule has 21 heavy (non-hydrogen) atoms. The van der Waals surface area contributed by atoms with Crippen molar-refractivity contribution in [3.8, 4) is 0 Å². The number of nitrogens with zero attached hydrogens (tertiary/aromatic N) is 1. The van der Waals surface area contributed by atoms with Crippen LogP contribution in [0.25, 0.3) is 0 Å². The second-order valence-electron chi connectivity index (χ2n) is 4.78. The molecule has 0 spiro atoms. The van der Waals surface area contributed by atoms with Crippen LogP contribution in [0.15, 0.2) is 24.3 Å². The minimum atomic E-state index is -1.45. The number of carbonyl (C=O) groups is 3. The Hall–Kier alpha value is -2.57. The molecular weight excluding hydrogens is 276 g/mol. The Morgan fingerprint density at radius 2 is 1.95 bits per heavy atom. The van der Waals surface area contributed by atoms with Crippen LogP contribution in [0, 0.1) is 6.92 Å². The monoisotopic (exact) mass is 294 g/mol. The summed E-state index contributed by atoms with van der Waals surface area (Å²) in [6.45, 7) is 2.23. The van der Waals surface area contributed by atoms with Crippen LogP contribution < -0.4 is 5.32 Å². The summed E-state index contributed by atoms with van der Waals surface area (Å²) in [4.78, 5) is 34.7. The summed E-state index contributed by atoms with van der Waals surface area (Å²) in [5.74, 6) is -2.67. The van der Waals surface area contributed by atoms with E-state index in [2.05, 4.69) is 5.32 Å². The average molecular weight is 294 g/mol. The lowest BCUT2D eigenvalue weighted by atomic mass is 10.1. The summed E-state index contributed by atoms with van der Waals surface area (Å²) in [5, 5.41) is 19.7. The number of aryl methyl sites for hydroxylation is 1. The van der Waals surface area contributed by atoms with E-state index in [0.717, 1.165) is 11.1 Å². The fourth-order valence-electron chi connectivity index (χ4n) is 1.79. The first-order chi connectivity index (χ1) is 9.79. The average Bonchev–Trinajstić information content (AvgIpc) is 2.37. The Kier molecular flexibility index (Phi) is 5.71. The van der Waals surface area contributed by atoms with E-state index in [-0.39, 0.29) is 0 Å². The molecule has 7 heteroatoms. The van der Waals surface area contributed by atoms with Crippen molar-refractivity contribution in [2.24, 2.45) is 0 Å². The lowest BCUT2D eigenvalue weighted by Gasteiger charge is -2.21. The molecule has 0 unspecified atom stereocenters. The number of aliphatic carboxylic acids is 2. The van der Waals surface area contributed by atoms with Crippen molar-refractivity contribution in [1.29, 1.82) is 0 Å². The number of urea groups is 1. The zero-order chi connectivity index (χ0) is 16.0. The summed E-state index contributed by atoms with van der Waals surface area (Å²) < 4.78 is 0. The van der Waals surface area contributed by atoms with Crippen LogP contribution in [0.5, 0.6) is 0 Å². The maximum absolute atomic E-state index is 11.9. The van der Waals surface area contributed by atoms with E-state index in [0.29, 0.717) is 6.54 Å². The number of carboxylic acid groups (broad SMARTS) is 2. The van der Waals surface area contributed by atoms with Crippen LogP contribution in [-0.2, 0) is 16.1 Å². The van der Waals surface area contributed by atoms with Gasteiger partial charge in [0.05, 0.1) is 6.42 Å². The first-order valence-electron chi connectivity index (χ1n) is 6.31. The van der Waals surface area contributed by atoms with Crippen molar-refractivity contribution in [3.63, 3.8) is 0 Å². The van der Waals surface area contributed by atoms with Crippen molar-refractivity contribution >= 4 is 18.0 Å².